The normalized spacial score (nSPS) is 13.0. The molecule has 0 amide bonds. The molecule has 0 bridgehead atoms. The standard InChI is InChI=1S/C10H18N2OS/c1-9(6-13-2)5-11-4-3-10-7-14-8-12-10/h7-9,11H,3-6H2,1-2H3. The maximum absolute atomic E-state index is 5.06. The highest BCUT2D eigenvalue weighted by atomic mass is 32.1. The van der Waals surface area contributed by atoms with E-state index >= 15 is 0 Å². The first-order chi connectivity index (χ1) is 6.83. The molecule has 1 atom stereocenters. The van der Waals surface area contributed by atoms with Crippen molar-refractivity contribution in [3.63, 3.8) is 0 Å². The summed E-state index contributed by atoms with van der Waals surface area (Å²) in [5.74, 6) is 0.579. The van der Waals surface area contributed by atoms with Crippen molar-refractivity contribution in [3.8, 4) is 0 Å². The van der Waals surface area contributed by atoms with Crippen molar-refractivity contribution in [2.24, 2.45) is 5.92 Å². The first kappa shape index (κ1) is 11.6. The molecule has 1 aromatic heterocycles. The number of ether oxygens (including phenoxy) is 1. The highest BCUT2D eigenvalue weighted by Crippen LogP contribution is 2.00. The molecule has 80 valence electrons. The fraction of sp³-hybridized carbons (Fsp3) is 0.700. The van der Waals surface area contributed by atoms with Crippen molar-refractivity contribution >= 4 is 11.3 Å². The van der Waals surface area contributed by atoms with Gasteiger partial charge in [0.15, 0.2) is 0 Å². The van der Waals surface area contributed by atoms with Crippen LogP contribution in [0, 0.1) is 5.92 Å². The molecule has 0 aromatic carbocycles. The van der Waals surface area contributed by atoms with Gasteiger partial charge < -0.3 is 10.1 Å². The molecular formula is C10H18N2OS. The highest BCUT2D eigenvalue weighted by Gasteiger charge is 2.00. The van der Waals surface area contributed by atoms with Crippen molar-refractivity contribution in [2.75, 3.05) is 26.8 Å². The molecule has 0 aliphatic carbocycles. The number of hydrogen-bond acceptors (Lipinski definition) is 4. The van der Waals surface area contributed by atoms with Gasteiger partial charge in [0.2, 0.25) is 0 Å². The molecule has 4 heteroatoms. The van der Waals surface area contributed by atoms with E-state index in [4.69, 9.17) is 4.74 Å². The Kier molecular flexibility index (Phi) is 5.75. The fourth-order valence-corrected chi connectivity index (χ4v) is 1.86. The molecule has 0 saturated carbocycles. The second kappa shape index (κ2) is 6.92. The van der Waals surface area contributed by atoms with E-state index in [1.165, 1.54) is 5.69 Å². The summed E-state index contributed by atoms with van der Waals surface area (Å²) in [4.78, 5) is 4.22. The number of aromatic nitrogens is 1. The summed E-state index contributed by atoms with van der Waals surface area (Å²) in [6.07, 6.45) is 1.02. The minimum Gasteiger partial charge on any atom is -0.384 e. The molecule has 0 spiro atoms. The molecule has 0 fully saturated rings. The van der Waals surface area contributed by atoms with Crippen LogP contribution in [0.4, 0.5) is 0 Å². The van der Waals surface area contributed by atoms with Gasteiger partial charge in [-0.3, -0.25) is 0 Å². The molecule has 14 heavy (non-hydrogen) atoms. The lowest BCUT2D eigenvalue weighted by atomic mass is 10.2. The number of thiazole rings is 1. The predicted molar refractivity (Wildman–Crippen MR) is 59.7 cm³/mol. The Hall–Kier alpha value is -0.450. The summed E-state index contributed by atoms with van der Waals surface area (Å²) < 4.78 is 5.06. The van der Waals surface area contributed by atoms with Crippen molar-refractivity contribution in [2.45, 2.75) is 13.3 Å². The largest absolute Gasteiger partial charge is 0.384 e. The van der Waals surface area contributed by atoms with Crippen LogP contribution in [-0.4, -0.2) is 31.8 Å². The van der Waals surface area contributed by atoms with Crippen molar-refractivity contribution in [3.05, 3.63) is 16.6 Å². The molecule has 0 radical (unpaired) electrons. The number of nitrogens with one attached hydrogen (secondary N) is 1. The number of methoxy groups -OCH3 is 1. The predicted octanol–water partition coefficient (Wildman–Crippen LogP) is 1.56. The highest BCUT2D eigenvalue weighted by molar-refractivity contribution is 7.07. The van der Waals surface area contributed by atoms with E-state index in [0.29, 0.717) is 5.92 Å². The van der Waals surface area contributed by atoms with Gasteiger partial charge in [-0.15, -0.1) is 11.3 Å². The second-order valence-electron chi connectivity index (χ2n) is 3.49. The number of hydrogen-bond donors (Lipinski definition) is 1. The van der Waals surface area contributed by atoms with Gasteiger partial charge in [-0.05, 0) is 12.5 Å². The van der Waals surface area contributed by atoms with Crippen molar-refractivity contribution in [1.82, 2.24) is 10.3 Å². The summed E-state index contributed by atoms with van der Waals surface area (Å²) in [5.41, 5.74) is 3.06. The van der Waals surface area contributed by atoms with Gasteiger partial charge in [-0.25, -0.2) is 4.98 Å². The minimum atomic E-state index is 0.579. The summed E-state index contributed by atoms with van der Waals surface area (Å²) in [7, 11) is 1.74. The quantitative estimate of drug-likeness (QED) is 0.699. The number of nitrogens with zero attached hydrogens (tertiary/aromatic N) is 1. The van der Waals surface area contributed by atoms with Gasteiger partial charge in [0, 0.05) is 32.1 Å². The van der Waals surface area contributed by atoms with E-state index in [1.807, 2.05) is 5.51 Å². The fourth-order valence-electron chi connectivity index (χ4n) is 1.27. The Balaban J connectivity index is 1.99. The average Bonchev–Trinajstić information content (AvgIpc) is 2.65. The van der Waals surface area contributed by atoms with Crippen molar-refractivity contribution in [1.29, 1.82) is 0 Å². The third-order valence-corrected chi connectivity index (χ3v) is 2.62. The molecule has 3 nitrogen and oxygen atoms in total. The zero-order chi connectivity index (χ0) is 10.2. The summed E-state index contributed by atoms with van der Waals surface area (Å²) in [6, 6.07) is 0. The van der Waals surface area contributed by atoms with Crippen LogP contribution in [0.25, 0.3) is 0 Å². The molecule has 1 heterocycles. The Morgan fingerprint density at radius 3 is 3.14 bits per heavy atom. The topological polar surface area (TPSA) is 34.1 Å². The second-order valence-corrected chi connectivity index (χ2v) is 4.21. The van der Waals surface area contributed by atoms with Crippen LogP contribution in [0.2, 0.25) is 0 Å². The van der Waals surface area contributed by atoms with Crippen LogP contribution in [0.5, 0.6) is 0 Å². The summed E-state index contributed by atoms with van der Waals surface area (Å²) in [5, 5.41) is 5.49. The van der Waals surface area contributed by atoms with Gasteiger partial charge in [-0.2, -0.15) is 0 Å². The van der Waals surface area contributed by atoms with E-state index < -0.39 is 0 Å². The SMILES string of the molecule is COCC(C)CNCCc1cscn1. The Labute approximate surface area is 89.5 Å². The molecule has 1 N–H and O–H groups in total. The molecule has 0 aliphatic rings. The molecule has 1 rings (SSSR count). The van der Waals surface area contributed by atoms with Gasteiger partial charge in [0.25, 0.3) is 0 Å². The molecule has 1 aromatic rings. The van der Waals surface area contributed by atoms with E-state index in [0.717, 1.165) is 26.1 Å². The lowest BCUT2D eigenvalue weighted by Gasteiger charge is -2.10. The zero-order valence-electron chi connectivity index (χ0n) is 8.82. The lowest BCUT2D eigenvalue weighted by molar-refractivity contribution is 0.158. The van der Waals surface area contributed by atoms with E-state index in [9.17, 15) is 0 Å². The summed E-state index contributed by atoms with van der Waals surface area (Å²) >= 11 is 1.65. The molecule has 0 aliphatic heterocycles. The lowest BCUT2D eigenvalue weighted by Crippen LogP contribution is -2.25. The average molecular weight is 214 g/mol. The van der Waals surface area contributed by atoms with Crippen LogP contribution in [0.15, 0.2) is 10.9 Å². The smallest absolute Gasteiger partial charge is 0.0794 e. The van der Waals surface area contributed by atoms with Crippen LogP contribution in [0.3, 0.4) is 0 Å². The van der Waals surface area contributed by atoms with Crippen LogP contribution in [0.1, 0.15) is 12.6 Å². The number of rotatable bonds is 7. The molecule has 0 saturated heterocycles. The first-order valence-electron chi connectivity index (χ1n) is 4.89. The van der Waals surface area contributed by atoms with Gasteiger partial charge in [0.05, 0.1) is 11.2 Å². The minimum absolute atomic E-state index is 0.579. The van der Waals surface area contributed by atoms with Gasteiger partial charge in [0.1, 0.15) is 0 Å². The van der Waals surface area contributed by atoms with E-state index in [-0.39, 0.29) is 0 Å². The Bertz CT molecular complexity index is 226. The third-order valence-electron chi connectivity index (χ3n) is 1.99. The van der Waals surface area contributed by atoms with E-state index in [2.05, 4.69) is 22.6 Å². The zero-order valence-corrected chi connectivity index (χ0v) is 9.64. The van der Waals surface area contributed by atoms with Crippen LogP contribution in [-0.2, 0) is 11.2 Å². The maximum Gasteiger partial charge on any atom is 0.0794 e. The maximum atomic E-state index is 5.06. The molecular weight excluding hydrogens is 196 g/mol. The van der Waals surface area contributed by atoms with Crippen LogP contribution >= 0.6 is 11.3 Å². The Morgan fingerprint density at radius 1 is 1.64 bits per heavy atom. The Morgan fingerprint density at radius 2 is 2.50 bits per heavy atom. The monoisotopic (exact) mass is 214 g/mol. The summed E-state index contributed by atoms with van der Waals surface area (Å²) in [6.45, 7) is 5.01. The third kappa shape index (κ3) is 4.69. The van der Waals surface area contributed by atoms with Gasteiger partial charge >= 0.3 is 0 Å². The first-order valence-corrected chi connectivity index (χ1v) is 5.84. The van der Waals surface area contributed by atoms with E-state index in [1.54, 1.807) is 18.4 Å². The van der Waals surface area contributed by atoms with Crippen LogP contribution < -0.4 is 5.32 Å². The van der Waals surface area contributed by atoms with Gasteiger partial charge in [-0.1, -0.05) is 6.92 Å². The van der Waals surface area contributed by atoms with Crippen molar-refractivity contribution < 1.29 is 4.74 Å². The molecule has 1 unspecified atom stereocenters.